The molecule has 1 aliphatic carbocycles. The fraction of sp³-hybridized carbons (Fsp3) is 0.588. The number of carbonyl (C=O) groups excluding carboxylic acids is 1. The number of piperazine rings is 1. The predicted octanol–water partition coefficient (Wildman–Crippen LogP) is 2.20. The van der Waals surface area contributed by atoms with Crippen LogP contribution < -0.4 is 4.90 Å². The van der Waals surface area contributed by atoms with Gasteiger partial charge in [0.1, 0.15) is 9.84 Å². The Morgan fingerprint density at radius 1 is 1.21 bits per heavy atom. The van der Waals surface area contributed by atoms with Crippen LogP contribution in [0, 0.1) is 5.41 Å². The number of amides is 1. The molecule has 3 rings (SSSR count). The van der Waals surface area contributed by atoms with E-state index < -0.39 is 9.84 Å². The van der Waals surface area contributed by atoms with Crippen molar-refractivity contribution in [3.05, 3.63) is 29.3 Å². The molecule has 0 bridgehead atoms. The molecule has 0 unspecified atom stereocenters. The summed E-state index contributed by atoms with van der Waals surface area (Å²) in [7, 11) is -3.04. The first-order valence-electron chi connectivity index (χ1n) is 8.22. The monoisotopic (exact) mass is 370 g/mol. The molecular weight excluding hydrogens is 348 g/mol. The highest BCUT2D eigenvalue weighted by molar-refractivity contribution is 7.90. The van der Waals surface area contributed by atoms with Gasteiger partial charge in [0.2, 0.25) is 5.91 Å². The number of hydrogen-bond donors (Lipinski definition) is 0. The van der Waals surface area contributed by atoms with Gasteiger partial charge in [0.05, 0.1) is 5.75 Å². The molecule has 0 aromatic heterocycles. The van der Waals surface area contributed by atoms with Crippen LogP contribution in [-0.2, 0) is 14.6 Å². The Balaban J connectivity index is 1.54. The predicted molar refractivity (Wildman–Crippen MR) is 96.2 cm³/mol. The zero-order chi connectivity index (χ0) is 17.4. The van der Waals surface area contributed by atoms with Crippen LogP contribution in [0.3, 0.4) is 0 Å². The number of benzene rings is 1. The number of hydrogen-bond acceptors (Lipinski definition) is 4. The van der Waals surface area contributed by atoms with Crippen LogP contribution >= 0.6 is 11.6 Å². The number of nitrogens with zero attached hydrogens (tertiary/aromatic N) is 2. The fourth-order valence-electron chi connectivity index (χ4n) is 3.42. The molecule has 1 aromatic carbocycles. The molecule has 24 heavy (non-hydrogen) atoms. The van der Waals surface area contributed by atoms with Crippen LogP contribution in [0.1, 0.15) is 19.3 Å². The van der Waals surface area contributed by atoms with E-state index in [2.05, 4.69) is 4.90 Å². The Labute approximate surface area is 148 Å². The average molecular weight is 371 g/mol. The minimum absolute atomic E-state index is 0.0851. The lowest BCUT2D eigenvalue weighted by Gasteiger charge is -2.36. The van der Waals surface area contributed by atoms with Crippen molar-refractivity contribution < 1.29 is 13.2 Å². The molecule has 0 N–H and O–H groups in total. The maximum atomic E-state index is 12.5. The summed E-state index contributed by atoms with van der Waals surface area (Å²) in [5.74, 6) is 0.218. The summed E-state index contributed by atoms with van der Waals surface area (Å²) in [6.07, 6.45) is 3.29. The third-order valence-corrected chi connectivity index (χ3v) is 6.23. The summed E-state index contributed by atoms with van der Waals surface area (Å²) in [4.78, 5) is 16.6. The molecule has 1 amide bonds. The number of carbonyl (C=O) groups is 1. The third kappa shape index (κ3) is 4.42. The molecule has 7 heteroatoms. The van der Waals surface area contributed by atoms with E-state index in [1.807, 2.05) is 29.2 Å². The van der Waals surface area contributed by atoms with Crippen molar-refractivity contribution in [2.45, 2.75) is 19.3 Å². The first-order chi connectivity index (χ1) is 11.3. The molecule has 1 heterocycles. The summed E-state index contributed by atoms with van der Waals surface area (Å²) in [6.45, 7) is 2.87. The second kappa shape index (κ2) is 6.56. The van der Waals surface area contributed by atoms with Crippen LogP contribution in [0.15, 0.2) is 24.3 Å². The molecule has 1 aromatic rings. The lowest BCUT2D eigenvalue weighted by Crippen LogP contribution is -2.49. The van der Waals surface area contributed by atoms with Gasteiger partial charge in [0.15, 0.2) is 0 Å². The van der Waals surface area contributed by atoms with E-state index in [0.29, 0.717) is 24.5 Å². The topological polar surface area (TPSA) is 57.7 Å². The molecule has 2 fully saturated rings. The van der Waals surface area contributed by atoms with Gasteiger partial charge in [-0.25, -0.2) is 8.42 Å². The number of halogens is 1. The number of anilines is 1. The molecule has 1 aliphatic heterocycles. The van der Waals surface area contributed by atoms with Crippen LogP contribution in [0.25, 0.3) is 0 Å². The van der Waals surface area contributed by atoms with Gasteiger partial charge < -0.3 is 9.80 Å². The van der Waals surface area contributed by atoms with Crippen LogP contribution in [0.4, 0.5) is 5.69 Å². The van der Waals surface area contributed by atoms with Gasteiger partial charge in [0.25, 0.3) is 0 Å². The molecule has 1 saturated carbocycles. The van der Waals surface area contributed by atoms with E-state index in [-0.39, 0.29) is 17.1 Å². The molecule has 132 valence electrons. The zero-order valence-electron chi connectivity index (χ0n) is 13.9. The molecule has 0 radical (unpaired) electrons. The first-order valence-corrected chi connectivity index (χ1v) is 10.7. The highest BCUT2D eigenvalue weighted by Crippen LogP contribution is 2.50. The Bertz CT molecular complexity index is 723. The molecule has 0 spiro atoms. The quantitative estimate of drug-likeness (QED) is 0.797. The van der Waals surface area contributed by atoms with Crippen molar-refractivity contribution in [1.82, 2.24) is 4.90 Å². The van der Waals surface area contributed by atoms with Crippen molar-refractivity contribution in [2.24, 2.45) is 5.41 Å². The molecule has 2 aliphatic rings. The molecular formula is C17H23ClN2O3S. The van der Waals surface area contributed by atoms with E-state index in [1.165, 1.54) is 6.26 Å². The lowest BCUT2D eigenvalue weighted by molar-refractivity contribution is -0.132. The van der Waals surface area contributed by atoms with E-state index >= 15 is 0 Å². The van der Waals surface area contributed by atoms with E-state index in [9.17, 15) is 13.2 Å². The van der Waals surface area contributed by atoms with Gasteiger partial charge in [0, 0.05) is 49.6 Å². The standard InChI is InChI=1S/C17H23ClN2O3S/c1-24(22,23)13-17(5-6-17)12-16(21)20-9-7-19(8-10-20)15-4-2-3-14(18)11-15/h2-4,11H,5-10,12-13H2,1H3. The summed E-state index contributed by atoms with van der Waals surface area (Å²) in [5, 5.41) is 0.711. The van der Waals surface area contributed by atoms with Gasteiger partial charge in [-0.15, -0.1) is 0 Å². The Kier molecular flexibility index (Phi) is 4.80. The van der Waals surface area contributed by atoms with Crippen molar-refractivity contribution in [3.8, 4) is 0 Å². The van der Waals surface area contributed by atoms with Gasteiger partial charge in [-0.05, 0) is 36.5 Å². The van der Waals surface area contributed by atoms with Gasteiger partial charge >= 0.3 is 0 Å². The fourth-order valence-corrected chi connectivity index (χ4v) is 5.11. The summed E-state index contributed by atoms with van der Waals surface area (Å²) in [5.41, 5.74) is 0.778. The molecule has 1 saturated heterocycles. The zero-order valence-corrected chi connectivity index (χ0v) is 15.4. The largest absolute Gasteiger partial charge is 0.368 e. The van der Waals surface area contributed by atoms with Crippen LogP contribution in [0.2, 0.25) is 5.02 Å². The lowest BCUT2D eigenvalue weighted by atomic mass is 10.0. The van der Waals surface area contributed by atoms with Gasteiger partial charge in [-0.3, -0.25) is 4.79 Å². The number of sulfone groups is 1. The SMILES string of the molecule is CS(=O)(=O)CC1(CC(=O)N2CCN(c3cccc(Cl)c3)CC2)CC1. The van der Waals surface area contributed by atoms with Crippen molar-refractivity contribution >= 4 is 33.0 Å². The van der Waals surface area contributed by atoms with Crippen molar-refractivity contribution in [1.29, 1.82) is 0 Å². The summed E-state index contributed by atoms with van der Waals surface area (Å²) >= 11 is 6.04. The molecule has 5 nitrogen and oxygen atoms in total. The Morgan fingerprint density at radius 2 is 1.88 bits per heavy atom. The van der Waals surface area contributed by atoms with Crippen molar-refractivity contribution in [2.75, 3.05) is 43.1 Å². The summed E-state index contributed by atoms with van der Waals surface area (Å²) < 4.78 is 23.1. The van der Waals surface area contributed by atoms with E-state index in [1.54, 1.807) is 0 Å². The maximum absolute atomic E-state index is 12.5. The van der Waals surface area contributed by atoms with Crippen LogP contribution in [0.5, 0.6) is 0 Å². The van der Waals surface area contributed by atoms with E-state index in [0.717, 1.165) is 31.6 Å². The Hall–Kier alpha value is -1.27. The highest BCUT2D eigenvalue weighted by Gasteiger charge is 2.47. The summed E-state index contributed by atoms with van der Waals surface area (Å²) in [6, 6.07) is 7.73. The van der Waals surface area contributed by atoms with Gasteiger partial charge in [-0.2, -0.15) is 0 Å². The highest BCUT2D eigenvalue weighted by atomic mass is 35.5. The average Bonchev–Trinajstić information content (AvgIpc) is 3.24. The smallest absolute Gasteiger partial charge is 0.223 e. The normalized spacial score (nSPS) is 20.1. The minimum Gasteiger partial charge on any atom is -0.368 e. The number of rotatable bonds is 5. The van der Waals surface area contributed by atoms with Gasteiger partial charge in [-0.1, -0.05) is 17.7 Å². The maximum Gasteiger partial charge on any atom is 0.223 e. The minimum atomic E-state index is -3.04. The van der Waals surface area contributed by atoms with E-state index in [4.69, 9.17) is 11.6 Å². The second-order valence-electron chi connectivity index (χ2n) is 7.09. The first kappa shape index (κ1) is 17.5. The van der Waals surface area contributed by atoms with Crippen LogP contribution in [-0.4, -0.2) is 57.4 Å². The van der Waals surface area contributed by atoms with Crippen molar-refractivity contribution in [3.63, 3.8) is 0 Å². The Morgan fingerprint density at radius 3 is 2.42 bits per heavy atom. The third-order valence-electron chi connectivity index (χ3n) is 4.86. The second-order valence-corrected chi connectivity index (χ2v) is 9.67. The molecule has 0 atom stereocenters.